The van der Waals surface area contributed by atoms with Crippen LogP contribution >= 0.6 is 0 Å². The van der Waals surface area contributed by atoms with Gasteiger partial charge in [0, 0.05) is 6.04 Å². The molecule has 96 valence electrons. The first-order valence-electron chi connectivity index (χ1n) is 6.55. The zero-order chi connectivity index (χ0) is 12.7. The van der Waals surface area contributed by atoms with E-state index in [2.05, 4.69) is 44.4 Å². The topological polar surface area (TPSA) is 21.3 Å². The van der Waals surface area contributed by atoms with Crippen molar-refractivity contribution in [1.82, 2.24) is 5.32 Å². The SMILES string of the molecule is CCC(CC)C(Cc1cccc(OC)c1)NC. The standard InChI is InChI=1S/C15H25NO/c1-5-13(6-2)15(16-3)11-12-8-7-9-14(10-12)17-4/h7-10,13,15-16H,5-6,11H2,1-4H3. The molecule has 0 radical (unpaired) electrons. The van der Waals surface area contributed by atoms with E-state index in [-0.39, 0.29) is 0 Å². The fraction of sp³-hybridized carbons (Fsp3) is 0.600. The molecular weight excluding hydrogens is 210 g/mol. The molecule has 1 atom stereocenters. The lowest BCUT2D eigenvalue weighted by Crippen LogP contribution is -2.35. The Morgan fingerprint density at radius 2 is 1.94 bits per heavy atom. The van der Waals surface area contributed by atoms with Gasteiger partial charge in [-0.05, 0) is 37.1 Å². The van der Waals surface area contributed by atoms with Crippen LogP contribution in [-0.4, -0.2) is 20.2 Å². The molecule has 2 nitrogen and oxygen atoms in total. The molecule has 0 aromatic heterocycles. The molecule has 1 unspecified atom stereocenters. The molecule has 17 heavy (non-hydrogen) atoms. The minimum atomic E-state index is 0.553. The second-order valence-corrected chi connectivity index (χ2v) is 4.53. The molecule has 0 bridgehead atoms. The van der Waals surface area contributed by atoms with Crippen LogP contribution in [0.3, 0.4) is 0 Å². The fourth-order valence-corrected chi connectivity index (χ4v) is 2.42. The average Bonchev–Trinajstić information content (AvgIpc) is 2.39. The van der Waals surface area contributed by atoms with Gasteiger partial charge in [-0.2, -0.15) is 0 Å². The van der Waals surface area contributed by atoms with Crippen LogP contribution in [0.2, 0.25) is 0 Å². The van der Waals surface area contributed by atoms with Crippen molar-refractivity contribution in [3.05, 3.63) is 29.8 Å². The van der Waals surface area contributed by atoms with Gasteiger partial charge in [-0.3, -0.25) is 0 Å². The molecule has 0 spiro atoms. The van der Waals surface area contributed by atoms with Gasteiger partial charge in [-0.15, -0.1) is 0 Å². The Morgan fingerprint density at radius 1 is 1.24 bits per heavy atom. The van der Waals surface area contributed by atoms with Crippen molar-refractivity contribution in [2.75, 3.05) is 14.2 Å². The van der Waals surface area contributed by atoms with E-state index < -0.39 is 0 Å². The lowest BCUT2D eigenvalue weighted by Gasteiger charge is -2.25. The Labute approximate surface area is 105 Å². The first kappa shape index (κ1) is 14.0. The Kier molecular flexibility index (Phi) is 6.06. The maximum absolute atomic E-state index is 5.26. The van der Waals surface area contributed by atoms with Crippen LogP contribution in [-0.2, 0) is 6.42 Å². The first-order chi connectivity index (χ1) is 8.24. The van der Waals surface area contributed by atoms with Gasteiger partial charge < -0.3 is 10.1 Å². The highest BCUT2D eigenvalue weighted by Crippen LogP contribution is 2.19. The largest absolute Gasteiger partial charge is 0.497 e. The number of hydrogen-bond acceptors (Lipinski definition) is 2. The molecule has 0 heterocycles. The summed E-state index contributed by atoms with van der Waals surface area (Å²) in [5.74, 6) is 1.69. The zero-order valence-electron chi connectivity index (χ0n) is 11.5. The van der Waals surface area contributed by atoms with E-state index in [1.807, 2.05) is 6.07 Å². The van der Waals surface area contributed by atoms with Crippen LogP contribution in [0.5, 0.6) is 5.75 Å². The Hall–Kier alpha value is -1.02. The van der Waals surface area contributed by atoms with Crippen molar-refractivity contribution in [1.29, 1.82) is 0 Å². The lowest BCUT2D eigenvalue weighted by atomic mass is 9.89. The van der Waals surface area contributed by atoms with Gasteiger partial charge in [0.2, 0.25) is 0 Å². The third-order valence-electron chi connectivity index (χ3n) is 3.58. The molecular formula is C15H25NO. The van der Waals surface area contributed by atoms with Crippen molar-refractivity contribution in [3.63, 3.8) is 0 Å². The summed E-state index contributed by atoms with van der Waals surface area (Å²) in [6.45, 7) is 4.54. The first-order valence-corrected chi connectivity index (χ1v) is 6.55. The minimum Gasteiger partial charge on any atom is -0.497 e. The number of rotatable bonds is 7. The van der Waals surface area contributed by atoms with Crippen LogP contribution in [0.15, 0.2) is 24.3 Å². The summed E-state index contributed by atoms with van der Waals surface area (Å²) in [5, 5.41) is 3.45. The van der Waals surface area contributed by atoms with Crippen LogP contribution in [0.1, 0.15) is 32.3 Å². The molecule has 0 fully saturated rings. The number of hydrogen-bond donors (Lipinski definition) is 1. The van der Waals surface area contributed by atoms with Crippen molar-refractivity contribution in [3.8, 4) is 5.75 Å². The van der Waals surface area contributed by atoms with Crippen molar-refractivity contribution in [2.24, 2.45) is 5.92 Å². The average molecular weight is 235 g/mol. The van der Waals surface area contributed by atoms with Gasteiger partial charge in [-0.25, -0.2) is 0 Å². The van der Waals surface area contributed by atoms with E-state index in [0.717, 1.165) is 18.1 Å². The van der Waals surface area contributed by atoms with Gasteiger partial charge in [0.1, 0.15) is 5.75 Å². The fourth-order valence-electron chi connectivity index (χ4n) is 2.42. The van der Waals surface area contributed by atoms with Crippen LogP contribution in [0.4, 0.5) is 0 Å². The number of ether oxygens (including phenoxy) is 1. The van der Waals surface area contributed by atoms with Gasteiger partial charge in [0.15, 0.2) is 0 Å². The van der Waals surface area contributed by atoms with Crippen molar-refractivity contribution in [2.45, 2.75) is 39.2 Å². The maximum atomic E-state index is 5.26. The molecule has 0 aliphatic rings. The minimum absolute atomic E-state index is 0.553. The van der Waals surface area contributed by atoms with E-state index in [9.17, 15) is 0 Å². The normalized spacial score (nSPS) is 12.8. The molecule has 0 amide bonds. The lowest BCUT2D eigenvalue weighted by molar-refractivity contribution is 0.348. The van der Waals surface area contributed by atoms with E-state index in [4.69, 9.17) is 4.74 Å². The van der Waals surface area contributed by atoms with Crippen LogP contribution < -0.4 is 10.1 Å². The molecule has 1 rings (SSSR count). The zero-order valence-corrected chi connectivity index (χ0v) is 11.5. The van der Waals surface area contributed by atoms with E-state index >= 15 is 0 Å². The van der Waals surface area contributed by atoms with E-state index in [0.29, 0.717) is 6.04 Å². The van der Waals surface area contributed by atoms with Crippen LogP contribution in [0, 0.1) is 5.92 Å². The Bertz CT molecular complexity index is 320. The molecule has 1 aromatic carbocycles. The summed E-state index contributed by atoms with van der Waals surface area (Å²) in [6.07, 6.45) is 3.53. The van der Waals surface area contributed by atoms with Crippen molar-refractivity contribution < 1.29 is 4.74 Å². The highest BCUT2D eigenvalue weighted by molar-refractivity contribution is 5.29. The maximum Gasteiger partial charge on any atom is 0.119 e. The summed E-state index contributed by atoms with van der Waals surface area (Å²) in [6, 6.07) is 8.92. The third kappa shape index (κ3) is 4.04. The number of methoxy groups -OCH3 is 1. The second kappa shape index (κ2) is 7.33. The number of likely N-dealkylation sites (N-methyl/N-ethyl adjacent to an activating group) is 1. The number of nitrogens with one attached hydrogen (secondary N) is 1. The highest BCUT2D eigenvalue weighted by Gasteiger charge is 2.16. The summed E-state index contributed by atoms with van der Waals surface area (Å²) < 4.78 is 5.26. The van der Waals surface area contributed by atoms with E-state index in [1.54, 1.807) is 7.11 Å². The second-order valence-electron chi connectivity index (χ2n) is 4.53. The summed E-state index contributed by atoms with van der Waals surface area (Å²) in [5.41, 5.74) is 1.34. The Balaban J connectivity index is 2.72. The molecule has 0 saturated heterocycles. The molecule has 0 aliphatic carbocycles. The third-order valence-corrected chi connectivity index (χ3v) is 3.58. The summed E-state index contributed by atoms with van der Waals surface area (Å²) in [4.78, 5) is 0. The van der Waals surface area contributed by atoms with Crippen molar-refractivity contribution >= 4 is 0 Å². The smallest absolute Gasteiger partial charge is 0.119 e. The number of benzene rings is 1. The predicted molar refractivity (Wildman–Crippen MR) is 73.6 cm³/mol. The van der Waals surface area contributed by atoms with E-state index in [1.165, 1.54) is 18.4 Å². The monoisotopic (exact) mass is 235 g/mol. The molecule has 0 aliphatic heterocycles. The molecule has 1 aromatic rings. The molecule has 2 heteroatoms. The van der Waals surface area contributed by atoms with Gasteiger partial charge in [0.25, 0.3) is 0 Å². The predicted octanol–water partition coefficient (Wildman–Crippen LogP) is 3.26. The summed E-state index contributed by atoms with van der Waals surface area (Å²) in [7, 11) is 3.78. The summed E-state index contributed by atoms with van der Waals surface area (Å²) >= 11 is 0. The van der Waals surface area contributed by atoms with Gasteiger partial charge >= 0.3 is 0 Å². The highest BCUT2D eigenvalue weighted by atomic mass is 16.5. The molecule has 0 saturated carbocycles. The van der Waals surface area contributed by atoms with Gasteiger partial charge in [0.05, 0.1) is 7.11 Å². The van der Waals surface area contributed by atoms with Crippen LogP contribution in [0.25, 0.3) is 0 Å². The molecule has 1 N–H and O–H groups in total. The quantitative estimate of drug-likeness (QED) is 0.783. The Morgan fingerprint density at radius 3 is 2.47 bits per heavy atom. The van der Waals surface area contributed by atoms with Gasteiger partial charge in [-0.1, -0.05) is 38.8 Å².